The van der Waals surface area contributed by atoms with Gasteiger partial charge in [0.1, 0.15) is 9.84 Å². The first-order chi connectivity index (χ1) is 9.04. The molecule has 0 aliphatic heterocycles. The van der Waals surface area contributed by atoms with E-state index in [1.165, 1.54) is 6.26 Å². The quantitative estimate of drug-likeness (QED) is 0.818. The van der Waals surface area contributed by atoms with Crippen LogP contribution in [0.5, 0.6) is 0 Å². The van der Waals surface area contributed by atoms with Gasteiger partial charge in [-0.2, -0.15) is 0 Å². The van der Waals surface area contributed by atoms with Crippen molar-refractivity contribution in [1.82, 2.24) is 0 Å². The SMILES string of the molecule is CC(C)CC(O)(CC(C)C)C1CCCC(S(C)(=O)=O)C1. The second kappa shape index (κ2) is 6.78. The molecule has 2 atom stereocenters. The van der Waals surface area contributed by atoms with E-state index in [0.717, 1.165) is 32.1 Å². The van der Waals surface area contributed by atoms with Crippen molar-refractivity contribution in [2.45, 2.75) is 77.1 Å². The van der Waals surface area contributed by atoms with E-state index >= 15 is 0 Å². The van der Waals surface area contributed by atoms with E-state index in [2.05, 4.69) is 27.7 Å². The van der Waals surface area contributed by atoms with Crippen LogP contribution in [-0.4, -0.2) is 30.6 Å². The molecular weight excluding hydrogens is 272 g/mol. The Hall–Kier alpha value is -0.0900. The van der Waals surface area contributed by atoms with Crippen LogP contribution in [0.4, 0.5) is 0 Å². The first-order valence-corrected chi connectivity index (χ1v) is 9.91. The van der Waals surface area contributed by atoms with Gasteiger partial charge in [-0.1, -0.05) is 34.1 Å². The van der Waals surface area contributed by atoms with Crippen molar-refractivity contribution in [1.29, 1.82) is 0 Å². The van der Waals surface area contributed by atoms with Crippen LogP contribution in [0.25, 0.3) is 0 Å². The molecule has 4 heteroatoms. The standard InChI is InChI=1S/C16H32O3S/c1-12(2)10-16(17,11-13(3)4)14-7-6-8-15(9-14)20(5,18)19/h12-15,17H,6-11H2,1-5H3. The Bertz CT molecular complexity index is 388. The van der Waals surface area contributed by atoms with Crippen LogP contribution in [0.15, 0.2) is 0 Å². The highest BCUT2D eigenvalue weighted by Crippen LogP contribution is 2.41. The lowest BCUT2D eigenvalue weighted by atomic mass is 9.70. The van der Waals surface area contributed by atoms with E-state index in [-0.39, 0.29) is 11.2 Å². The zero-order valence-corrected chi connectivity index (χ0v) is 14.5. The van der Waals surface area contributed by atoms with Crippen LogP contribution in [0, 0.1) is 17.8 Å². The number of hydrogen-bond acceptors (Lipinski definition) is 3. The zero-order chi connectivity index (χ0) is 15.6. The predicted octanol–water partition coefficient (Wildman–Crippen LogP) is 3.41. The first kappa shape index (κ1) is 18.0. The highest BCUT2D eigenvalue weighted by Gasteiger charge is 2.42. The Kier molecular flexibility index (Phi) is 6.09. The van der Waals surface area contributed by atoms with Gasteiger partial charge in [-0.3, -0.25) is 0 Å². The van der Waals surface area contributed by atoms with E-state index in [1.807, 2.05) is 0 Å². The largest absolute Gasteiger partial charge is 0.390 e. The van der Waals surface area contributed by atoms with Gasteiger partial charge >= 0.3 is 0 Å². The monoisotopic (exact) mass is 304 g/mol. The van der Waals surface area contributed by atoms with Crippen molar-refractivity contribution in [2.24, 2.45) is 17.8 Å². The summed E-state index contributed by atoms with van der Waals surface area (Å²) in [6, 6.07) is 0. The molecule has 1 fully saturated rings. The third kappa shape index (κ3) is 5.03. The Morgan fingerprint density at radius 2 is 1.60 bits per heavy atom. The molecule has 0 saturated heterocycles. The summed E-state index contributed by atoms with van der Waals surface area (Å²) in [6.07, 6.45) is 6.15. The van der Waals surface area contributed by atoms with Crippen molar-refractivity contribution in [3.63, 3.8) is 0 Å². The van der Waals surface area contributed by atoms with Crippen LogP contribution < -0.4 is 0 Å². The van der Waals surface area contributed by atoms with Crippen LogP contribution in [0.2, 0.25) is 0 Å². The minimum atomic E-state index is -2.99. The lowest BCUT2D eigenvalue weighted by Crippen LogP contribution is -2.44. The van der Waals surface area contributed by atoms with Crippen molar-refractivity contribution in [3.05, 3.63) is 0 Å². The second-order valence-corrected chi connectivity index (χ2v) is 9.94. The number of sulfone groups is 1. The van der Waals surface area contributed by atoms with E-state index in [0.29, 0.717) is 18.3 Å². The molecule has 1 aliphatic rings. The highest BCUT2D eigenvalue weighted by molar-refractivity contribution is 7.91. The van der Waals surface area contributed by atoms with Crippen molar-refractivity contribution in [3.8, 4) is 0 Å². The van der Waals surface area contributed by atoms with E-state index in [1.54, 1.807) is 0 Å². The molecule has 0 aromatic heterocycles. The first-order valence-electron chi connectivity index (χ1n) is 7.96. The molecular formula is C16H32O3S. The maximum Gasteiger partial charge on any atom is 0.150 e. The molecule has 0 amide bonds. The Balaban J connectivity index is 2.90. The summed E-state index contributed by atoms with van der Waals surface area (Å²) in [5.74, 6) is 0.982. The van der Waals surface area contributed by atoms with Gasteiger partial charge in [-0.25, -0.2) is 8.42 Å². The average Bonchev–Trinajstić information content (AvgIpc) is 2.25. The molecule has 20 heavy (non-hydrogen) atoms. The molecule has 120 valence electrons. The average molecular weight is 304 g/mol. The second-order valence-electron chi connectivity index (χ2n) is 7.61. The number of aliphatic hydroxyl groups is 1. The van der Waals surface area contributed by atoms with Crippen LogP contribution in [-0.2, 0) is 9.84 Å². The Morgan fingerprint density at radius 1 is 1.10 bits per heavy atom. The van der Waals surface area contributed by atoms with E-state index in [4.69, 9.17) is 0 Å². The normalized spacial score (nSPS) is 25.4. The predicted molar refractivity (Wildman–Crippen MR) is 84.4 cm³/mol. The Labute approximate surface area is 125 Å². The van der Waals surface area contributed by atoms with Gasteiger partial charge in [0.2, 0.25) is 0 Å². The van der Waals surface area contributed by atoms with Gasteiger partial charge in [0.25, 0.3) is 0 Å². The van der Waals surface area contributed by atoms with Crippen LogP contribution in [0.1, 0.15) is 66.2 Å². The number of hydrogen-bond donors (Lipinski definition) is 1. The van der Waals surface area contributed by atoms with Crippen molar-refractivity contribution in [2.75, 3.05) is 6.26 Å². The molecule has 0 heterocycles. The molecule has 0 radical (unpaired) electrons. The minimum absolute atomic E-state index is 0.126. The molecule has 0 bridgehead atoms. The smallest absolute Gasteiger partial charge is 0.150 e. The molecule has 1 saturated carbocycles. The summed E-state index contributed by atoms with van der Waals surface area (Å²) >= 11 is 0. The highest BCUT2D eigenvalue weighted by atomic mass is 32.2. The summed E-state index contributed by atoms with van der Waals surface area (Å²) in [5.41, 5.74) is -0.703. The third-order valence-corrected chi connectivity index (χ3v) is 6.15. The van der Waals surface area contributed by atoms with Crippen molar-refractivity contribution >= 4 is 9.84 Å². The van der Waals surface area contributed by atoms with Gasteiger partial charge in [-0.15, -0.1) is 0 Å². The summed E-state index contributed by atoms with van der Waals surface area (Å²) in [7, 11) is -2.99. The van der Waals surface area contributed by atoms with Gasteiger partial charge in [-0.05, 0) is 49.9 Å². The van der Waals surface area contributed by atoms with Gasteiger partial charge in [0.15, 0.2) is 0 Å². The molecule has 0 spiro atoms. The molecule has 1 N–H and O–H groups in total. The maximum atomic E-state index is 11.8. The van der Waals surface area contributed by atoms with Crippen molar-refractivity contribution < 1.29 is 13.5 Å². The fourth-order valence-corrected chi connectivity index (χ4v) is 5.03. The molecule has 0 aromatic rings. The lowest BCUT2D eigenvalue weighted by molar-refractivity contribution is -0.0634. The molecule has 1 aliphatic carbocycles. The Morgan fingerprint density at radius 3 is 2.00 bits per heavy atom. The number of rotatable bonds is 6. The van der Waals surface area contributed by atoms with E-state index < -0.39 is 15.4 Å². The molecule has 3 nitrogen and oxygen atoms in total. The minimum Gasteiger partial charge on any atom is -0.390 e. The zero-order valence-electron chi connectivity index (χ0n) is 13.7. The molecule has 0 aromatic carbocycles. The van der Waals surface area contributed by atoms with Crippen LogP contribution in [0.3, 0.4) is 0 Å². The molecule has 1 rings (SSSR count). The van der Waals surface area contributed by atoms with Crippen LogP contribution >= 0.6 is 0 Å². The summed E-state index contributed by atoms with van der Waals surface area (Å²) < 4.78 is 23.6. The molecule has 2 unspecified atom stereocenters. The lowest BCUT2D eigenvalue weighted by Gasteiger charge is -2.42. The fourth-order valence-electron chi connectivity index (χ4n) is 3.85. The van der Waals surface area contributed by atoms with Gasteiger partial charge < -0.3 is 5.11 Å². The summed E-state index contributed by atoms with van der Waals surface area (Å²) in [6.45, 7) is 8.51. The summed E-state index contributed by atoms with van der Waals surface area (Å²) in [4.78, 5) is 0. The third-order valence-electron chi connectivity index (χ3n) is 4.51. The summed E-state index contributed by atoms with van der Waals surface area (Å²) in [5, 5.41) is 10.9. The van der Waals surface area contributed by atoms with Gasteiger partial charge in [0, 0.05) is 6.26 Å². The van der Waals surface area contributed by atoms with Gasteiger partial charge in [0.05, 0.1) is 10.9 Å². The topological polar surface area (TPSA) is 54.4 Å². The van der Waals surface area contributed by atoms with E-state index in [9.17, 15) is 13.5 Å². The maximum absolute atomic E-state index is 11.8. The fraction of sp³-hybridized carbons (Fsp3) is 1.00.